The molecule has 2 aliphatic rings. The number of hydrogen-bond acceptors (Lipinski definition) is 6. The van der Waals surface area contributed by atoms with Gasteiger partial charge in [-0.05, 0) is 61.6 Å². The second-order valence-corrected chi connectivity index (χ2v) is 10.7. The van der Waals surface area contributed by atoms with E-state index in [0.29, 0.717) is 29.8 Å². The minimum atomic E-state index is -3.36. The topological polar surface area (TPSA) is 68.7 Å². The normalized spacial score (nSPS) is 22.9. The van der Waals surface area contributed by atoms with Gasteiger partial charge in [-0.3, -0.25) is 4.98 Å². The van der Waals surface area contributed by atoms with Crippen molar-refractivity contribution in [2.45, 2.75) is 41.9 Å². The zero-order chi connectivity index (χ0) is 19.5. The fraction of sp³-hybridized carbons (Fsp3) is 0.550. The van der Waals surface area contributed by atoms with Crippen molar-refractivity contribution in [1.82, 2.24) is 9.29 Å². The number of nitrogens with zero attached hydrogens (tertiary/aromatic N) is 2. The standard InChI is InChI=1S/C20H26N2O4S2/c23-28(24,19-2-1-15-27-19)22-11-7-20(8-12-22)16-17(6-14-26-20)5-13-25-18-3-9-21-10-4-18/h1-4,9-10,15,17H,5-8,11-14,16H2. The second kappa shape index (κ2) is 8.49. The lowest BCUT2D eigenvalue weighted by Crippen LogP contribution is -2.50. The first-order valence-electron chi connectivity index (χ1n) is 9.78. The third kappa shape index (κ3) is 4.40. The molecule has 1 spiro atoms. The van der Waals surface area contributed by atoms with Gasteiger partial charge in [-0.2, -0.15) is 4.31 Å². The van der Waals surface area contributed by atoms with E-state index in [9.17, 15) is 8.42 Å². The average Bonchev–Trinajstić information content (AvgIpc) is 3.25. The van der Waals surface area contributed by atoms with E-state index in [1.807, 2.05) is 12.1 Å². The second-order valence-electron chi connectivity index (χ2n) is 7.55. The molecule has 1 unspecified atom stereocenters. The van der Waals surface area contributed by atoms with Crippen molar-refractivity contribution >= 4 is 21.4 Å². The number of aromatic nitrogens is 1. The van der Waals surface area contributed by atoms with Crippen LogP contribution in [0.1, 0.15) is 32.1 Å². The molecule has 0 radical (unpaired) electrons. The third-order valence-corrected chi connectivity index (χ3v) is 9.03. The molecule has 8 heteroatoms. The Bertz CT molecular complexity index is 848. The molecule has 2 aliphatic heterocycles. The Balaban J connectivity index is 1.30. The summed E-state index contributed by atoms with van der Waals surface area (Å²) in [6.45, 7) is 2.49. The molecular formula is C20H26N2O4S2. The van der Waals surface area contributed by atoms with Gasteiger partial charge in [0.05, 0.1) is 12.2 Å². The van der Waals surface area contributed by atoms with Crippen molar-refractivity contribution in [2.24, 2.45) is 5.92 Å². The monoisotopic (exact) mass is 422 g/mol. The van der Waals surface area contributed by atoms with E-state index in [1.165, 1.54) is 11.3 Å². The third-order valence-electron chi connectivity index (χ3n) is 5.76. The summed E-state index contributed by atoms with van der Waals surface area (Å²) in [5, 5.41) is 1.81. The van der Waals surface area contributed by atoms with Gasteiger partial charge in [-0.1, -0.05) is 6.07 Å². The summed E-state index contributed by atoms with van der Waals surface area (Å²) in [5.41, 5.74) is -0.180. The van der Waals surface area contributed by atoms with Gasteiger partial charge in [0.2, 0.25) is 0 Å². The Morgan fingerprint density at radius 1 is 1.25 bits per heavy atom. The largest absolute Gasteiger partial charge is 0.493 e. The Kier molecular flexibility index (Phi) is 6.01. The highest BCUT2D eigenvalue weighted by Crippen LogP contribution is 2.40. The van der Waals surface area contributed by atoms with Gasteiger partial charge in [0.1, 0.15) is 9.96 Å². The zero-order valence-electron chi connectivity index (χ0n) is 15.8. The SMILES string of the molecule is O=S(=O)(c1cccs1)N1CCC2(CC1)CC(CCOc1ccncc1)CCO2. The molecule has 2 saturated heterocycles. The molecule has 2 fully saturated rings. The van der Waals surface area contributed by atoms with Crippen LogP contribution in [0.2, 0.25) is 0 Å². The number of hydrogen-bond donors (Lipinski definition) is 0. The lowest BCUT2D eigenvalue weighted by atomic mass is 9.79. The number of piperidine rings is 1. The first-order valence-corrected chi connectivity index (χ1v) is 12.1. The molecule has 0 saturated carbocycles. The fourth-order valence-electron chi connectivity index (χ4n) is 4.17. The Labute approximate surface area is 170 Å². The highest BCUT2D eigenvalue weighted by Gasteiger charge is 2.42. The molecule has 6 nitrogen and oxygen atoms in total. The molecule has 0 aliphatic carbocycles. The summed E-state index contributed by atoms with van der Waals surface area (Å²) in [5.74, 6) is 1.40. The maximum absolute atomic E-state index is 12.7. The quantitative estimate of drug-likeness (QED) is 0.712. The van der Waals surface area contributed by atoms with Crippen LogP contribution in [0.4, 0.5) is 0 Å². The van der Waals surface area contributed by atoms with Crippen LogP contribution in [0.3, 0.4) is 0 Å². The van der Waals surface area contributed by atoms with Crippen LogP contribution in [0, 0.1) is 5.92 Å². The highest BCUT2D eigenvalue weighted by molar-refractivity contribution is 7.91. The van der Waals surface area contributed by atoms with Crippen LogP contribution >= 0.6 is 11.3 Å². The molecule has 0 bridgehead atoms. The number of thiophene rings is 1. The van der Waals surface area contributed by atoms with Crippen molar-refractivity contribution in [3.8, 4) is 5.75 Å². The summed E-state index contributed by atoms with van der Waals surface area (Å²) < 4.78 is 39.5. The van der Waals surface area contributed by atoms with Crippen molar-refractivity contribution < 1.29 is 17.9 Å². The molecule has 2 aromatic heterocycles. The molecule has 0 aromatic carbocycles. The average molecular weight is 423 g/mol. The van der Waals surface area contributed by atoms with Gasteiger partial charge in [0, 0.05) is 32.1 Å². The van der Waals surface area contributed by atoms with E-state index in [4.69, 9.17) is 9.47 Å². The maximum atomic E-state index is 12.7. The van der Waals surface area contributed by atoms with E-state index < -0.39 is 10.0 Å². The van der Waals surface area contributed by atoms with Crippen LogP contribution in [0.25, 0.3) is 0 Å². The Morgan fingerprint density at radius 2 is 2.04 bits per heavy atom. The van der Waals surface area contributed by atoms with Gasteiger partial charge in [-0.25, -0.2) is 8.42 Å². The molecule has 28 heavy (non-hydrogen) atoms. The fourth-order valence-corrected chi connectivity index (χ4v) is 6.76. The first-order chi connectivity index (χ1) is 13.6. The molecule has 0 N–H and O–H groups in total. The minimum Gasteiger partial charge on any atom is -0.493 e. The highest BCUT2D eigenvalue weighted by atomic mass is 32.2. The van der Waals surface area contributed by atoms with Gasteiger partial charge in [0.25, 0.3) is 10.0 Å². The van der Waals surface area contributed by atoms with E-state index in [0.717, 1.165) is 44.5 Å². The number of sulfonamides is 1. The minimum absolute atomic E-state index is 0.180. The van der Waals surface area contributed by atoms with E-state index in [-0.39, 0.29) is 5.60 Å². The first kappa shape index (κ1) is 19.8. The van der Waals surface area contributed by atoms with Crippen molar-refractivity contribution in [3.63, 3.8) is 0 Å². The zero-order valence-corrected chi connectivity index (χ0v) is 17.5. The van der Waals surface area contributed by atoms with Crippen molar-refractivity contribution in [2.75, 3.05) is 26.3 Å². The van der Waals surface area contributed by atoms with Gasteiger partial charge < -0.3 is 9.47 Å². The lowest BCUT2D eigenvalue weighted by Gasteiger charge is -2.45. The van der Waals surface area contributed by atoms with Crippen LogP contribution in [-0.2, 0) is 14.8 Å². The van der Waals surface area contributed by atoms with Crippen molar-refractivity contribution in [3.05, 3.63) is 42.0 Å². The number of rotatable bonds is 6. The van der Waals surface area contributed by atoms with E-state index in [2.05, 4.69) is 4.98 Å². The van der Waals surface area contributed by atoms with Crippen LogP contribution in [0.15, 0.2) is 46.2 Å². The van der Waals surface area contributed by atoms with Crippen molar-refractivity contribution in [1.29, 1.82) is 0 Å². The smallest absolute Gasteiger partial charge is 0.252 e. The summed E-state index contributed by atoms with van der Waals surface area (Å²) >= 11 is 1.28. The summed E-state index contributed by atoms with van der Waals surface area (Å²) in [4.78, 5) is 4.00. The molecule has 4 heterocycles. The molecule has 0 amide bonds. The lowest BCUT2D eigenvalue weighted by molar-refractivity contribution is -0.122. The van der Waals surface area contributed by atoms with Crippen LogP contribution in [-0.4, -0.2) is 49.6 Å². The van der Waals surface area contributed by atoms with E-state index >= 15 is 0 Å². The summed E-state index contributed by atoms with van der Waals surface area (Å²) in [6, 6.07) is 7.20. The van der Waals surface area contributed by atoms with Crippen LogP contribution < -0.4 is 4.74 Å². The molecule has 152 valence electrons. The number of pyridine rings is 1. The van der Waals surface area contributed by atoms with Gasteiger partial charge in [-0.15, -0.1) is 11.3 Å². The van der Waals surface area contributed by atoms with Gasteiger partial charge in [0.15, 0.2) is 0 Å². The number of ether oxygens (including phenoxy) is 2. The predicted octanol–water partition coefficient (Wildman–Crippen LogP) is 3.56. The maximum Gasteiger partial charge on any atom is 0.252 e. The molecule has 1 atom stereocenters. The van der Waals surface area contributed by atoms with Crippen LogP contribution in [0.5, 0.6) is 5.75 Å². The summed E-state index contributed by atoms with van der Waals surface area (Å²) in [6.07, 6.45) is 8.01. The summed E-state index contributed by atoms with van der Waals surface area (Å²) in [7, 11) is -3.36. The van der Waals surface area contributed by atoms with Gasteiger partial charge >= 0.3 is 0 Å². The molecule has 4 rings (SSSR count). The van der Waals surface area contributed by atoms with E-state index in [1.54, 1.807) is 34.2 Å². The molecular weight excluding hydrogens is 396 g/mol. The predicted molar refractivity (Wildman–Crippen MR) is 108 cm³/mol. The Hall–Kier alpha value is -1.48. The molecule has 2 aromatic rings. The Morgan fingerprint density at radius 3 is 2.75 bits per heavy atom.